The molecule has 0 bridgehead atoms. The van der Waals surface area contributed by atoms with Crippen molar-refractivity contribution in [1.29, 1.82) is 0 Å². The quantitative estimate of drug-likeness (QED) is 0.875. The van der Waals surface area contributed by atoms with E-state index in [9.17, 15) is 4.39 Å². The van der Waals surface area contributed by atoms with Gasteiger partial charge < -0.3 is 5.32 Å². The number of hydrogen-bond donors (Lipinski definition) is 1. The van der Waals surface area contributed by atoms with Crippen LogP contribution in [0.25, 0.3) is 0 Å². The van der Waals surface area contributed by atoms with E-state index < -0.39 is 0 Å². The monoisotopic (exact) mass is 242 g/mol. The minimum absolute atomic E-state index is 0.193. The fourth-order valence-corrected chi connectivity index (χ4v) is 2.23. The van der Waals surface area contributed by atoms with Crippen LogP contribution in [-0.4, -0.2) is 31.1 Å². The molecule has 2 rings (SSSR count). The van der Waals surface area contributed by atoms with E-state index in [-0.39, 0.29) is 10.8 Å². The van der Waals surface area contributed by atoms with Gasteiger partial charge >= 0.3 is 0 Å². The van der Waals surface area contributed by atoms with Crippen molar-refractivity contribution in [3.8, 4) is 0 Å². The lowest BCUT2D eigenvalue weighted by Crippen LogP contribution is -2.29. The molecule has 1 unspecified atom stereocenters. The maximum Gasteiger partial charge on any atom is 0.142 e. The third-order valence-electron chi connectivity index (χ3n) is 3.07. The number of halogens is 2. The zero-order valence-electron chi connectivity index (χ0n) is 9.34. The molecule has 0 saturated carbocycles. The van der Waals surface area contributed by atoms with E-state index in [4.69, 9.17) is 11.6 Å². The van der Waals surface area contributed by atoms with Gasteiger partial charge in [-0.25, -0.2) is 4.39 Å². The van der Waals surface area contributed by atoms with Crippen LogP contribution in [0.1, 0.15) is 12.0 Å². The van der Waals surface area contributed by atoms with Crippen molar-refractivity contribution in [2.24, 2.45) is 0 Å². The van der Waals surface area contributed by atoms with E-state index in [1.807, 2.05) is 13.1 Å². The number of nitrogens with zero attached hydrogens (tertiary/aromatic N) is 1. The minimum Gasteiger partial charge on any atom is -0.316 e. The molecule has 1 aromatic rings. The van der Waals surface area contributed by atoms with E-state index in [2.05, 4.69) is 10.2 Å². The molecular formula is C12H16ClFN2. The van der Waals surface area contributed by atoms with Crippen LogP contribution in [-0.2, 0) is 6.54 Å². The summed E-state index contributed by atoms with van der Waals surface area (Å²) in [6, 6.07) is 5.60. The Balaban J connectivity index is 1.97. The van der Waals surface area contributed by atoms with Crippen molar-refractivity contribution in [1.82, 2.24) is 10.2 Å². The molecule has 1 heterocycles. The third-order valence-corrected chi connectivity index (χ3v) is 3.38. The minimum atomic E-state index is -0.330. The fourth-order valence-electron chi connectivity index (χ4n) is 2.11. The van der Waals surface area contributed by atoms with Crippen molar-refractivity contribution >= 4 is 11.6 Å². The van der Waals surface area contributed by atoms with E-state index in [1.54, 1.807) is 6.07 Å². The first-order chi connectivity index (χ1) is 7.69. The van der Waals surface area contributed by atoms with Crippen LogP contribution < -0.4 is 5.32 Å². The van der Waals surface area contributed by atoms with Crippen molar-refractivity contribution in [3.63, 3.8) is 0 Å². The van der Waals surface area contributed by atoms with Crippen LogP contribution in [0.15, 0.2) is 18.2 Å². The van der Waals surface area contributed by atoms with Crippen LogP contribution in [0.2, 0.25) is 5.02 Å². The average molecular weight is 243 g/mol. The zero-order chi connectivity index (χ0) is 11.5. The summed E-state index contributed by atoms with van der Waals surface area (Å²) in [5, 5.41) is 3.46. The molecule has 1 aliphatic heterocycles. The number of hydrogen-bond acceptors (Lipinski definition) is 2. The summed E-state index contributed by atoms with van der Waals surface area (Å²) in [6.07, 6.45) is 1.16. The highest BCUT2D eigenvalue weighted by molar-refractivity contribution is 6.30. The molecule has 0 radical (unpaired) electrons. The zero-order valence-corrected chi connectivity index (χ0v) is 10.1. The molecule has 1 aromatic carbocycles. The van der Waals surface area contributed by atoms with E-state index in [1.165, 1.54) is 6.07 Å². The van der Waals surface area contributed by atoms with Gasteiger partial charge in [0.05, 0.1) is 5.02 Å². The molecule has 1 fully saturated rings. The second kappa shape index (κ2) is 5.13. The second-order valence-electron chi connectivity index (χ2n) is 4.26. The number of likely N-dealkylation sites (tertiary alicyclic amines) is 1. The summed E-state index contributed by atoms with van der Waals surface area (Å²) < 4.78 is 13.2. The summed E-state index contributed by atoms with van der Waals surface area (Å²) >= 11 is 5.64. The molecule has 0 aliphatic carbocycles. The van der Waals surface area contributed by atoms with Gasteiger partial charge in [-0.05, 0) is 31.2 Å². The van der Waals surface area contributed by atoms with Crippen molar-refractivity contribution in [3.05, 3.63) is 34.6 Å². The number of likely N-dealkylation sites (N-methyl/N-ethyl adjacent to an activating group) is 1. The van der Waals surface area contributed by atoms with E-state index in [0.717, 1.165) is 31.6 Å². The van der Waals surface area contributed by atoms with Crippen LogP contribution in [0.4, 0.5) is 4.39 Å². The molecule has 0 spiro atoms. The molecule has 0 aromatic heterocycles. The van der Waals surface area contributed by atoms with E-state index >= 15 is 0 Å². The number of nitrogens with one attached hydrogen (secondary N) is 1. The maximum absolute atomic E-state index is 13.2. The molecule has 1 N–H and O–H groups in total. The van der Waals surface area contributed by atoms with Crippen LogP contribution >= 0.6 is 11.6 Å². The van der Waals surface area contributed by atoms with Gasteiger partial charge in [-0.2, -0.15) is 0 Å². The molecule has 1 aliphatic rings. The summed E-state index contributed by atoms with van der Waals surface area (Å²) in [4.78, 5) is 2.32. The number of benzene rings is 1. The molecule has 1 atom stereocenters. The largest absolute Gasteiger partial charge is 0.316 e. The Hall–Kier alpha value is -0.640. The molecule has 2 nitrogen and oxygen atoms in total. The fraction of sp³-hybridized carbons (Fsp3) is 0.500. The Morgan fingerprint density at radius 3 is 3.00 bits per heavy atom. The van der Waals surface area contributed by atoms with Gasteiger partial charge in [0, 0.05) is 25.7 Å². The predicted molar refractivity (Wildman–Crippen MR) is 64.2 cm³/mol. The lowest BCUT2D eigenvalue weighted by atomic mass is 10.2. The normalized spacial score (nSPS) is 21.6. The second-order valence-corrected chi connectivity index (χ2v) is 4.67. The summed E-state index contributed by atoms with van der Waals surface area (Å²) in [5.74, 6) is -0.330. The summed E-state index contributed by atoms with van der Waals surface area (Å²) in [7, 11) is 1.98. The number of rotatable bonds is 3. The van der Waals surface area contributed by atoms with Gasteiger partial charge in [0.1, 0.15) is 5.82 Å². The first kappa shape index (κ1) is 11.8. The molecule has 4 heteroatoms. The third kappa shape index (κ3) is 2.73. The highest BCUT2D eigenvalue weighted by atomic mass is 35.5. The molecule has 0 amide bonds. The lowest BCUT2D eigenvalue weighted by Gasteiger charge is -2.16. The Bertz CT molecular complexity index is 370. The Labute approximate surface area is 100 Å². The standard InChI is InChI=1S/C12H16ClFN2/c1-15-10-4-5-16(8-10)7-9-2-3-11(13)12(14)6-9/h2-3,6,10,15H,4-5,7-8H2,1H3. The molecule has 88 valence electrons. The maximum atomic E-state index is 13.2. The van der Waals surface area contributed by atoms with Gasteiger partial charge in [0.25, 0.3) is 0 Å². The summed E-state index contributed by atoms with van der Waals surface area (Å²) in [5.41, 5.74) is 0.985. The van der Waals surface area contributed by atoms with Crippen molar-refractivity contribution < 1.29 is 4.39 Å². The lowest BCUT2D eigenvalue weighted by molar-refractivity contribution is 0.322. The van der Waals surface area contributed by atoms with Gasteiger partial charge in [-0.1, -0.05) is 17.7 Å². The van der Waals surface area contributed by atoms with Crippen LogP contribution in [0, 0.1) is 5.82 Å². The molecule has 16 heavy (non-hydrogen) atoms. The average Bonchev–Trinajstić information content (AvgIpc) is 2.71. The molecular weight excluding hydrogens is 227 g/mol. The van der Waals surface area contributed by atoms with Gasteiger partial charge in [0.2, 0.25) is 0 Å². The smallest absolute Gasteiger partial charge is 0.142 e. The Morgan fingerprint density at radius 2 is 2.38 bits per heavy atom. The predicted octanol–water partition coefficient (Wildman–Crippen LogP) is 2.27. The first-order valence-electron chi connectivity index (χ1n) is 5.52. The van der Waals surface area contributed by atoms with Crippen LogP contribution in [0.5, 0.6) is 0 Å². The van der Waals surface area contributed by atoms with E-state index in [0.29, 0.717) is 6.04 Å². The summed E-state index contributed by atoms with van der Waals surface area (Å²) in [6.45, 7) is 2.89. The van der Waals surface area contributed by atoms with Gasteiger partial charge in [-0.3, -0.25) is 4.90 Å². The molecule has 1 saturated heterocycles. The highest BCUT2D eigenvalue weighted by Crippen LogP contribution is 2.18. The van der Waals surface area contributed by atoms with Crippen LogP contribution in [0.3, 0.4) is 0 Å². The Morgan fingerprint density at radius 1 is 1.56 bits per heavy atom. The topological polar surface area (TPSA) is 15.3 Å². The van der Waals surface area contributed by atoms with Gasteiger partial charge in [0.15, 0.2) is 0 Å². The van der Waals surface area contributed by atoms with Crippen molar-refractivity contribution in [2.75, 3.05) is 20.1 Å². The SMILES string of the molecule is CNC1CCN(Cc2ccc(Cl)c(F)c2)C1. The highest BCUT2D eigenvalue weighted by Gasteiger charge is 2.20. The Kier molecular flexibility index (Phi) is 3.79. The van der Waals surface area contributed by atoms with Crippen molar-refractivity contribution in [2.45, 2.75) is 19.0 Å². The van der Waals surface area contributed by atoms with Gasteiger partial charge in [-0.15, -0.1) is 0 Å². The first-order valence-corrected chi connectivity index (χ1v) is 5.90.